The standard InChI is InChI=1S/C30H27N9O2S/c1-38-10-2-3-20(18-38)13-19-4-6-23(7-5-19)36-29-35-15-21-14-24(22-16-33-25(34-17-22)27-31-8-11-41-27)28(40)39(26(21)37-29)30-32-9-12-42-30/h4-9,11-12,14-17,20H,2-3,10,13,18H2,1H3,(H,35,36,37). The molecule has 6 aromatic rings. The van der Waals surface area contributed by atoms with Gasteiger partial charge in [-0.05, 0) is 62.5 Å². The zero-order chi connectivity index (χ0) is 28.5. The second-order valence-electron chi connectivity index (χ2n) is 10.4. The van der Waals surface area contributed by atoms with Crippen LogP contribution in [0.2, 0.25) is 0 Å². The quantitative estimate of drug-likeness (QED) is 0.278. The van der Waals surface area contributed by atoms with E-state index in [0.29, 0.717) is 50.9 Å². The van der Waals surface area contributed by atoms with E-state index in [1.807, 2.05) is 17.5 Å². The van der Waals surface area contributed by atoms with Gasteiger partial charge in [-0.2, -0.15) is 4.98 Å². The lowest BCUT2D eigenvalue weighted by atomic mass is 9.91. The van der Waals surface area contributed by atoms with Gasteiger partial charge >= 0.3 is 0 Å². The summed E-state index contributed by atoms with van der Waals surface area (Å²) in [5.41, 5.74) is 3.31. The predicted molar refractivity (Wildman–Crippen MR) is 161 cm³/mol. The maximum absolute atomic E-state index is 13.8. The maximum Gasteiger partial charge on any atom is 0.266 e. The van der Waals surface area contributed by atoms with Crippen LogP contribution in [-0.4, -0.2) is 59.5 Å². The largest absolute Gasteiger partial charge is 0.442 e. The zero-order valence-corrected chi connectivity index (χ0v) is 23.7. The first kappa shape index (κ1) is 26.1. The van der Waals surface area contributed by atoms with Crippen molar-refractivity contribution in [3.05, 3.63) is 88.9 Å². The van der Waals surface area contributed by atoms with Crippen LogP contribution < -0.4 is 10.9 Å². The van der Waals surface area contributed by atoms with Crippen LogP contribution in [0.3, 0.4) is 0 Å². The number of hydrogen-bond acceptors (Lipinski definition) is 11. The molecule has 0 spiro atoms. The molecule has 42 heavy (non-hydrogen) atoms. The van der Waals surface area contributed by atoms with Crippen LogP contribution >= 0.6 is 11.3 Å². The first-order valence-corrected chi connectivity index (χ1v) is 14.6. The van der Waals surface area contributed by atoms with Crippen molar-refractivity contribution >= 4 is 34.0 Å². The molecule has 7 rings (SSSR count). The number of likely N-dealkylation sites (tertiary alicyclic amines) is 1. The van der Waals surface area contributed by atoms with E-state index in [1.165, 1.54) is 53.3 Å². The second-order valence-corrected chi connectivity index (χ2v) is 11.3. The highest BCUT2D eigenvalue weighted by molar-refractivity contribution is 7.12. The lowest BCUT2D eigenvalue weighted by Gasteiger charge is -2.29. The van der Waals surface area contributed by atoms with Crippen molar-refractivity contribution in [3.63, 3.8) is 0 Å². The van der Waals surface area contributed by atoms with Gasteiger partial charge in [-0.3, -0.25) is 4.79 Å². The Labute approximate surface area is 245 Å². The number of benzene rings is 1. The molecule has 11 nitrogen and oxygen atoms in total. The van der Waals surface area contributed by atoms with Crippen molar-refractivity contribution in [2.24, 2.45) is 5.92 Å². The molecule has 1 aliphatic heterocycles. The van der Waals surface area contributed by atoms with Crippen molar-refractivity contribution < 1.29 is 4.42 Å². The minimum Gasteiger partial charge on any atom is -0.442 e. The molecule has 0 radical (unpaired) electrons. The summed E-state index contributed by atoms with van der Waals surface area (Å²) < 4.78 is 6.78. The molecule has 0 aliphatic carbocycles. The average Bonchev–Trinajstić information content (AvgIpc) is 3.74. The molecule has 1 fully saturated rings. The Kier molecular flexibility index (Phi) is 6.98. The van der Waals surface area contributed by atoms with E-state index in [9.17, 15) is 4.79 Å². The van der Waals surface area contributed by atoms with Crippen molar-refractivity contribution in [1.29, 1.82) is 0 Å². The van der Waals surface area contributed by atoms with Gasteiger partial charge in [0, 0.05) is 53.3 Å². The van der Waals surface area contributed by atoms with Crippen LogP contribution in [-0.2, 0) is 6.42 Å². The second kappa shape index (κ2) is 11.2. The van der Waals surface area contributed by atoms with Gasteiger partial charge in [0.05, 0.1) is 11.8 Å². The Morgan fingerprint density at radius 2 is 1.90 bits per heavy atom. The number of piperidine rings is 1. The summed E-state index contributed by atoms with van der Waals surface area (Å²) in [7, 11) is 2.20. The highest BCUT2D eigenvalue weighted by atomic mass is 32.1. The third-order valence-corrected chi connectivity index (χ3v) is 8.15. The van der Waals surface area contributed by atoms with Gasteiger partial charge in [0.25, 0.3) is 11.4 Å². The van der Waals surface area contributed by atoms with Crippen LogP contribution in [0.1, 0.15) is 18.4 Å². The van der Waals surface area contributed by atoms with Crippen molar-refractivity contribution in [2.45, 2.75) is 19.3 Å². The first-order chi connectivity index (χ1) is 20.6. The minimum absolute atomic E-state index is 0.285. The molecule has 5 aromatic heterocycles. The van der Waals surface area contributed by atoms with E-state index >= 15 is 0 Å². The third-order valence-electron chi connectivity index (χ3n) is 7.39. The Balaban J connectivity index is 1.19. The van der Waals surface area contributed by atoms with E-state index in [2.05, 4.69) is 54.3 Å². The van der Waals surface area contributed by atoms with E-state index < -0.39 is 0 Å². The van der Waals surface area contributed by atoms with Gasteiger partial charge in [0.15, 0.2) is 10.8 Å². The number of aromatic nitrogens is 7. The fourth-order valence-corrected chi connectivity index (χ4v) is 6.05. The summed E-state index contributed by atoms with van der Waals surface area (Å²) in [6, 6.07) is 10.2. The lowest BCUT2D eigenvalue weighted by molar-refractivity contribution is 0.209. The number of anilines is 2. The Morgan fingerprint density at radius 1 is 1.05 bits per heavy atom. The van der Waals surface area contributed by atoms with E-state index in [4.69, 9.17) is 9.40 Å². The van der Waals surface area contributed by atoms with Gasteiger partial charge in [0.1, 0.15) is 6.26 Å². The number of nitrogens with one attached hydrogen (secondary N) is 1. The molecule has 0 amide bonds. The predicted octanol–water partition coefficient (Wildman–Crippen LogP) is 4.98. The maximum atomic E-state index is 13.8. The SMILES string of the molecule is CN1CCCC(Cc2ccc(Nc3ncc4cc(-c5cnc(-c6ncco6)nc5)c(=O)n(-c5nccs5)c4n3)cc2)C1. The summed E-state index contributed by atoms with van der Waals surface area (Å²) in [6.45, 7) is 2.34. The van der Waals surface area contributed by atoms with Gasteiger partial charge in [-0.25, -0.2) is 29.5 Å². The molecule has 210 valence electrons. The molecule has 1 saturated heterocycles. The Bertz CT molecular complexity index is 1870. The van der Waals surface area contributed by atoms with Crippen molar-refractivity contribution in [2.75, 3.05) is 25.5 Å². The molecule has 1 N–H and O–H groups in total. The molecule has 6 heterocycles. The molecular weight excluding hydrogens is 550 g/mol. The fourth-order valence-electron chi connectivity index (χ4n) is 5.41. The van der Waals surface area contributed by atoms with Gasteiger partial charge in [0.2, 0.25) is 11.8 Å². The van der Waals surface area contributed by atoms with Crippen LogP contribution in [0.15, 0.2) is 82.2 Å². The van der Waals surface area contributed by atoms with E-state index in [1.54, 1.807) is 30.9 Å². The van der Waals surface area contributed by atoms with Crippen molar-refractivity contribution in [3.8, 4) is 28.0 Å². The summed E-state index contributed by atoms with van der Waals surface area (Å²) >= 11 is 1.35. The topological polar surface area (TPSA) is 128 Å². The number of fused-ring (bicyclic) bond motifs is 1. The van der Waals surface area contributed by atoms with Gasteiger partial charge < -0.3 is 14.6 Å². The Morgan fingerprint density at radius 3 is 2.64 bits per heavy atom. The first-order valence-electron chi connectivity index (χ1n) is 13.7. The summed E-state index contributed by atoms with van der Waals surface area (Å²) in [4.78, 5) is 42.7. The van der Waals surface area contributed by atoms with Crippen LogP contribution in [0.5, 0.6) is 0 Å². The lowest BCUT2D eigenvalue weighted by Crippen LogP contribution is -2.32. The molecule has 1 aromatic carbocycles. The molecule has 12 heteroatoms. The molecule has 0 bridgehead atoms. The normalized spacial score (nSPS) is 15.7. The van der Waals surface area contributed by atoms with E-state index in [-0.39, 0.29) is 5.56 Å². The monoisotopic (exact) mass is 577 g/mol. The number of pyridine rings is 1. The van der Waals surface area contributed by atoms with Crippen LogP contribution in [0, 0.1) is 5.92 Å². The average molecular weight is 578 g/mol. The van der Waals surface area contributed by atoms with Crippen LogP contribution in [0.4, 0.5) is 11.6 Å². The van der Waals surface area contributed by atoms with Crippen LogP contribution in [0.25, 0.3) is 39.0 Å². The molecular formula is C30H27N9O2S. The smallest absolute Gasteiger partial charge is 0.266 e. The third kappa shape index (κ3) is 5.29. The minimum atomic E-state index is -0.285. The highest BCUT2D eigenvalue weighted by Gasteiger charge is 2.19. The number of hydrogen-bond donors (Lipinski definition) is 1. The van der Waals surface area contributed by atoms with Crippen molar-refractivity contribution in [1.82, 2.24) is 39.4 Å². The number of oxazole rings is 1. The van der Waals surface area contributed by atoms with Gasteiger partial charge in [-0.15, -0.1) is 11.3 Å². The molecule has 0 saturated carbocycles. The Hall–Kier alpha value is -4.81. The summed E-state index contributed by atoms with van der Waals surface area (Å²) in [5, 5.41) is 6.30. The van der Waals surface area contributed by atoms with Gasteiger partial charge in [-0.1, -0.05) is 12.1 Å². The zero-order valence-electron chi connectivity index (χ0n) is 22.8. The fraction of sp³-hybridized carbons (Fsp3) is 0.233. The number of thiazole rings is 1. The molecule has 1 atom stereocenters. The molecule has 1 aliphatic rings. The number of rotatable bonds is 7. The molecule has 1 unspecified atom stereocenters. The summed E-state index contributed by atoms with van der Waals surface area (Å²) in [5.74, 6) is 1.72. The number of nitrogens with zero attached hydrogens (tertiary/aromatic N) is 8. The highest BCUT2D eigenvalue weighted by Crippen LogP contribution is 2.26. The summed E-state index contributed by atoms with van der Waals surface area (Å²) in [6.07, 6.45) is 13.1. The van der Waals surface area contributed by atoms with E-state index in [0.717, 1.165) is 18.7 Å².